The molecule has 0 spiro atoms. The summed E-state index contributed by atoms with van der Waals surface area (Å²) in [4.78, 5) is 27.3. The molecule has 0 aliphatic heterocycles. The Labute approximate surface area is 165 Å². The fourth-order valence-corrected chi connectivity index (χ4v) is 3.19. The zero-order valence-electron chi connectivity index (χ0n) is 15.3. The van der Waals surface area contributed by atoms with Crippen molar-refractivity contribution in [3.63, 3.8) is 0 Å². The Morgan fingerprint density at radius 3 is 2.71 bits per heavy atom. The van der Waals surface area contributed by atoms with Crippen LogP contribution in [0.4, 0.5) is 15.2 Å². The molecule has 0 aliphatic carbocycles. The molecule has 1 aromatic heterocycles. The van der Waals surface area contributed by atoms with Gasteiger partial charge in [0.15, 0.2) is 11.7 Å². The highest BCUT2D eigenvalue weighted by Crippen LogP contribution is 2.28. The van der Waals surface area contributed by atoms with Crippen molar-refractivity contribution in [2.45, 2.75) is 13.8 Å². The number of aryl methyl sites for hydroxylation is 1. The first-order valence-electron chi connectivity index (χ1n) is 8.43. The summed E-state index contributed by atoms with van der Waals surface area (Å²) in [6.07, 6.45) is 0. The third kappa shape index (κ3) is 5.14. The second-order valence-electron chi connectivity index (χ2n) is 6.07. The van der Waals surface area contributed by atoms with Gasteiger partial charge in [-0.05, 0) is 42.8 Å². The Morgan fingerprint density at radius 2 is 2.00 bits per heavy atom. The average Bonchev–Trinajstić information content (AvgIpc) is 3.08. The summed E-state index contributed by atoms with van der Waals surface area (Å²) in [6, 6.07) is 11.7. The van der Waals surface area contributed by atoms with Crippen LogP contribution in [-0.2, 0) is 9.59 Å². The van der Waals surface area contributed by atoms with E-state index in [1.54, 1.807) is 17.5 Å². The van der Waals surface area contributed by atoms with E-state index in [2.05, 4.69) is 15.6 Å². The molecule has 0 saturated carbocycles. The van der Waals surface area contributed by atoms with Gasteiger partial charge in [0.2, 0.25) is 5.91 Å². The maximum Gasteiger partial charge on any atom is 0.264 e. The summed E-state index contributed by atoms with van der Waals surface area (Å²) in [5.74, 6) is -0.545. The van der Waals surface area contributed by atoms with Crippen LogP contribution in [0.1, 0.15) is 12.5 Å². The number of nitrogens with zero attached hydrogens (tertiary/aromatic N) is 1. The molecule has 0 atom stereocenters. The van der Waals surface area contributed by atoms with E-state index in [9.17, 15) is 14.0 Å². The molecular formula is C20H18FN3O3S. The van der Waals surface area contributed by atoms with Gasteiger partial charge in [0.1, 0.15) is 11.6 Å². The standard InChI is InChI=1S/C20H18FN3O3S/c1-12-4-3-5-15(8-12)27-10-19(26)24-20-23-18(11-28-20)16-7-6-14(9-17(16)21)22-13(2)25/h3-9,11H,10H2,1-2H3,(H,22,25)(H,23,24,26). The van der Waals surface area contributed by atoms with Gasteiger partial charge in [-0.15, -0.1) is 11.3 Å². The lowest BCUT2D eigenvalue weighted by Gasteiger charge is -2.06. The number of carbonyl (C=O) groups is 2. The van der Waals surface area contributed by atoms with Crippen LogP contribution < -0.4 is 15.4 Å². The second-order valence-corrected chi connectivity index (χ2v) is 6.93. The third-order valence-electron chi connectivity index (χ3n) is 3.68. The minimum atomic E-state index is -0.516. The number of amides is 2. The Bertz CT molecular complexity index is 1020. The molecule has 3 rings (SSSR count). The van der Waals surface area contributed by atoms with E-state index in [0.717, 1.165) is 5.56 Å². The van der Waals surface area contributed by atoms with Crippen LogP contribution in [-0.4, -0.2) is 23.4 Å². The zero-order chi connectivity index (χ0) is 20.1. The van der Waals surface area contributed by atoms with Gasteiger partial charge < -0.3 is 10.1 Å². The molecule has 1 heterocycles. The molecular weight excluding hydrogens is 381 g/mol. The summed E-state index contributed by atoms with van der Waals surface area (Å²) in [5, 5.41) is 7.15. The largest absolute Gasteiger partial charge is 0.484 e. The molecule has 0 radical (unpaired) electrons. The van der Waals surface area contributed by atoms with Gasteiger partial charge in [-0.3, -0.25) is 14.9 Å². The van der Waals surface area contributed by atoms with Crippen molar-refractivity contribution < 1.29 is 18.7 Å². The number of hydrogen-bond donors (Lipinski definition) is 2. The Hall–Kier alpha value is -3.26. The van der Waals surface area contributed by atoms with Gasteiger partial charge in [-0.25, -0.2) is 9.37 Å². The first kappa shape index (κ1) is 19.5. The highest BCUT2D eigenvalue weighted by molar-refractivity contribution is 7.14. The van der Waals surface area contributed by atoms with E-state index in [1.807, 2.05) is 25.1 Å². The average molecular weight is 399 g/mol. The highest BCUT2D eigenvalue weighted by atomic mass is 32.1. The molecule has 8 heteroatoms. The number of hydrogen-bond acceptors (Lipinski definition) is 5. The van der Waals surface area contributed by atoms with Crippen molar-refractivity contribution in [3.05, 3.63) is 59.2 Å². The molecule has 0 saturated heterocycles. The minimum absolute atomic E-state index is 0.155. The number of ether oxygens (including phenoxy) is 1. The topological polar surface area (TPSA) is 80.3 Å². The number of rotatable bonds is 6. The molecule has 0 bridgehead atoms. The van der Waals surface area contributed by atoms with Gasteiger partial charge in [-0.1, -0.05) is 12.1 Å². The van der Waals surface area contributed by atoms with Crippen LogP contribution in [0.15, 0.2) is 47.8 Å². The summed E-state index contributed by atoms with van der Waals surface area (Å²) in [6.45, 7) is 3.13. The molecule has 0 unspecified atom stereocenters. The number of carbonyl (C=O) groups excluding carboxylic acids is 2. The quantitative estimate of drug-likeness (QED) is 0.650. The maximum absolute atomic E-state index is 14.3. The molecule has 0 fully saturated rings. The van der Waals surface area contributed by atoms with Gasteiger partial charge in [0.25, 0.3) is 5.91 Å². The van der Waals surface area contributed by atoms with E-state index < -0.39 is 5.82 Å². The lowest BCUT2D eigenvalue weighted by atomic mass is 10.1. The Morgan fingerprint density at radius 1 is 1.18 bits per heavy atom. The van der Waals surface area contributed by atoms with Crippen molar-refractivity contribution >= 4 is 34.0 Å². The van der Waals surface area contributed by atoms with Gasteiger partial charge in [0, 0.05) is 23.6 Å². The first-order chi connectivity index (χ1) is 13.4. The molecule has 2 aromatic carbocycles. The molecule has 0 aliphatic rings. The van der Waals surface area contributed by atoms with E-state index in [4.69, 9.17) is 4.74 Å². The third-order valence-corrected chi connectivity index (χ3v) is 4.43. The van der Waals surface area contributed by atoms with Crippen LogP contribution >= 0.6 is 11.3 Å². The normalized spacial score (nSPS) is 10.4. The SMILES string of the molecule is CC(=O)Nc1ccc(-c2csc(NC(=O)COc3cccc(C)c3)n2)c(F)c1. The van der Waals surface area contributed by atoms with E-state index in [-0.39, 0.29) is 24.0 Å². The molecule has 6 nitrogen and oxygen atoms in total. The molecule has 2 N–H and O–H groups in total. The van der Waals surface area contributed by atoms with Gasteiger partial charge in [0.05, 0.1) is 5.69 Å². The Balaban J connectivity index is 1.62. The van der Waals surface area contributed by atoms with Gasteiger partial charge in [-0.2, -0.15) is 0 Å². The van der Waals surface area contributed by atoms with E-state index in [1.165, 1.54) is 30.4 Å². The van der Waals surface area contributed by atoms with Gasteiger partial charge >= 0.3 is 0 Å². The van der Waals surface area contributed by atoms with Crippen LogP contribution in [0, 0.1) is 12.7 Å². The number of aromatic nitrogens is 1. The number of halogens is 1. The fraction of sp³-hybridized carbons (Fsp3) is 0.150. The smallest absolute Gasteiger partial charge is 0.264 e. The predicted octanol–water partition coefficient (Wildman–Crippen LogP) is 4.23. The summed E-state index contributed by atoms with van der Waals surface area (Å²) < 4.78 is 19.8. The zero-order valence-corrected chi connectivity index (χ0v) is 16.1. The number of anilines is 2. The highest BCUT2D eigenvalue weighted by Gasteiger charge is 2.12. The van der Waals surface area contributed by atoms with E-state index in [0.29, 0.717) is 22.3 Å². The van der Waals surface area contributed by atoms with Crippen LogP contribution in [0.25, 0.3) is 11.3 Å². The van der Waals surface area contributed by atoms with Crippen LogP contribution in [0.3, 0.4) is 0 Å². The predicted molar refractivity (Wildman–Crippen MR) is 107 cm³/mol. The molecule has 144 valence electrons. The minimum Gasteiger partial charge on any atom is -0.484 e. The van der Waals surface area contributed by atoms with Crippen LogP contribution in [0.5, 0.6) is 5.75 Å². The van der Waals surface area contributed by atoms with Crippen LogP contribution in [0.2, 0.25) is 0 Å². The van der Waals surface area contributed by atoms with Crippen molar-refractivity contribution in [1.29, 1.82) is 0 Å². The summed E-state index contributed by atoms with van der Waals surface area (Å²) >= 11 is 1.19. The monoisotopic (exact) mass is 399 g/mol. The van der Waals surface area contributed by atoms with Crippen molar-refractivity contribution in [3.8, 4) is 17.0 Å². The number of benzene rings is 2. The number of nitrogens with one attached hydrogen (secondary N) is 2. The maximum atomic E-state index is 14.3. The lowest BCUT2D eigenvalue weighted by Crippen LogP contribution is -2.20. The lowest BCUT2D eigenvalue weighted by molar-refractivity contribution is -0.118. The fourth-order valence-electron chi connectivity index (χ4n) is 2.47. The summed E-state index contributed by atoms with van der Waals surface area (Å²) in [5.41, 5.74) is 2.08. The molecule has 2 amide bonds. The Kier molecular flexibility index (Phi) is 6.00. The van der Waals surface area contributed by atoms with Crippen molar-refractivity contribution in [2.75, 3.05) is 17.2 Å². The first-order valence-corrected chi connectivity index (χ1v) is 9.31. The molecule has 3 aromatic rings. The second kappa shape index (κ2) is 8.62. The number of thiazole rings is 1. The van der Waals surface area contributed by atoms with Crippen molar-refractivity contribution in [1.82, 2.24) is 4.98 Å². The van der Waals surface area contributed by atoms with Crippen molar-refractivity contribution in [2.24, 2.45) is 0 Å². The summed E-state index contributed by atoms with van der Waals surface area (Å²) in [7, 11) is 0. The van der Waals surface area contributed by atoms with E-state index >= 15 is 0 Å². The molecule has 28 heavy (non-hydrogen) atoms.